The number of piperidine rings is 3. The van der Waals surface area contributed by atoms with Crippen LogP contribution >= 0.6 is 0 Å². The summed E-state index contributed by atoms with van der Waals surface area (Å²) in [5.74, 6) is 7.00. The van der Waals surface area contributed by atoms with Crippen molar-refractivity contribution in [3.8, 4) is 34.5 Å². The zero-order valence-corrected chi connectivity index (χ0v) is 38.8. The summed E-state index contributed by atoms with van der Waals surface area (Å²) in [5, 5.41) is 21.8. The number of rotatable bonds is 5. The lowest BCUT2D eigenvalue weighted by Crippen LogP contribution is -2.65. The topological polar surface area (TPSA) is 155 Å². The first-order valence-corrected chi connectivity index (χ1v) is 24.3. The Kier molecular flexibility index (Phi) is 10.1. The van der Waals surface area contributed by atoms with E-state index in [4.69, 9.17) is 33.2 Å². The maximum Gasteiger partial charge on any atom is 0.174 e. The Balaban J connectivity index is 0.000000104. The number of fused-ring (bicyclic) bond motifs is 1. The third kappa shape index (κ3) is 5.66. The second kappa shape index (κ2) is 15.6. The molecule has 350 valence electrons. The van der Waals surface area contributed by atoms with Crippen LogP contribution in [-0.2, 0) is 54.6 Å². The van der Waals surface area contributed by atoms with Gasteiger partial charge in [0.05, 0.1) is 28.4 Å². The largest absolute Gasteiger partial charge is 0.504 e. The summed E-state index contributed by atoms with van der Waals surface area (Å²) in [4.78, 5) is 25.1. The van der Waals surface area contributed by atoms with Gasteiger partial charge in [0, 0.05) is 71.0 Å². The molecule has 12 atom stereocenters. The maximum atomic E-state index is 12.6. The van der Waals surface area contributed by atoms with Crippen molar-refractivity contribution >= 4 is 11.6 Å². The predicted molar refractivity (Wildman–Crippen MR) is 244 cm³/mol. The van der Waals surface area contributed by atoms with Crippen molar-refractivity contribution in [1.82, 2.24) is 16.0 Å². The Bertz CT molecular complexity index is 2540. The highest BCUT2D eigenvalue weighted by atomic mass is 16.6. The summed E-state index contributed by atoms with van der Waals surface area (Å²) in [5.41, 5.74) is 7.23. The van der Waals surface area contributed by atoms with Gasteiger partial charge in [-0.3, -0.25) is 9.59 Å². The van der Waals surface area contributed by atoms with Gasteiger partial charge in [0.2, 0.25) is 0 Å². The molecule has 2 spiro atoms. The van der Waals surface area contributed by atoms with E-state index in [1.165, 1.54) is 22.3 Å². The van der Waals surface area contributed by atoms with Crippen molar-refractivity contribution in [2.24, 2.45) is 17.8 Å². The van der Waals surface area contributed by atoms with Crippen LogP contribution in [0.25, 0.3) is 0 Å². The number of ether oxygens (including phenoxy) is 7. The summed E-state index contributed by atoms with van der Waals surface area (Å²) >= 11 is 0. The van der Waals surface area contributed by atoms with Crippen LogP contribution in [0.5, 0.6) is 34.5 Å². The molecule has 5 fully saturated rings. The fraction of sp³-hybridized carbons (Fsp3) is 0.585. The monoisotopic (exact) mass is 901 g/mol. The maximum absolute atomic E-state index is 12.6. The van der Waals surface area contributed by atoms with Crippen LogP contribution < -0.4 is 39.6 Å². The molecule has 3 aromatic carbocycles. The molecule has 0 aromatic heterocycles. The Morgan fingerprint density at radius 1 is 0.621 bits per heavy atom. The number of allylic oxidation sites excluding steroid dienone is 1. The Morgan fingerprint density at radius 3 is 1.77 bits per heavy atom. The molecular formula is C53H63N3O10. The van der Waals surface area contributed by atoms with Crippen LogP contribution in [0, 0.1) is 17.8 Å². The number of phenolic OH excluding ortho intramolecular Hbond substituents is 1. The van der Waals surface area contributed by atoms with Crippen LogP contribution in [0.3, 0.4) is 0 Å². The van der Waals surface area contributed by atoms with Crippen molar-refractivity contribution < 1.29 is 47.9 Å². The minimum atomic E-state index is -0.315. The normalized spacial score (nSPS) is 37.0. The summed E-state index contributed by atoms with van der Waals surface area (Å²) in [6.45, 7) is 2.90. The van der Waals surface area contributed by atoms with Crippen molar-refractivity contribution in [2.45, 2.75) is 123 Å². The second-order valence-corrected chi connectivity index (χ2v) is 20.7. The van der Waals surface area contributed by atoms with Crippen LogP contribution in [0.4, 0.5) is 0 Å². The van der Waals surface area contributed by atoms with Crippen molar-refractivity contribution in [3.05, 3.63) is 81.6 Å². The van der Waals surface area contributed by atoms with Gasteiger partial charge in [0.1, 0.15) is 11.9 Å². The van der Waals surface area contributed by atoms with Gasteiger partial charge in [-0.15, -0.1) is 0 Å². The number of methoxy groups -OCH3 is 5. The highest BCUT2D eigenvalue weighted by molar-refractivity contribution is 5.89. The van der Waals surface area contributed by atoms with Crippen molar-refractivity contribution in [1.29, 1.82) is 0 Å². The van der Waals surface area contributed by atoms with E-state index in [0.717, 1.165) is 117 Å². The lowest BCUT2D eigenvalue weighted by Gasteiger charge is -2.56. The zero-order chi connectivity index (χ0) is 45.3. The molecule has 3 saturated heterocycles. The van der Waals surface area contributed by atoms with Crippen LogP contribution in [0.15, 0.2) is 48.2 Å². The number of nitrogens with one attached hydrogen (secondary N) is 3. The number of benzene rings is 3. The minimum absolute atomic E-state index is 0.00574. The minimum Gasteiger partial charge on any atom is -0.504 e. The van der Waals surface area contributed by atoms with Crippen molar-refractivity contribution in [2.75, 3.05) is 55.2 Å². The van der Waals surface area contributed by atoms with E-state index in [2.05, 4.69) is 34.2 Å². The summed E-state index contributed by atoms with van der Waals surface area (Å²) in [6.07, 6.45) is 11.5. The summed E-state index contributed by atoms with van der Waals surface area (Å²) < 4.78 is 40.2. The number of hydrogen-bond acceptors (Lipinski definition) is 13. The smallest absolute Gasteiger partial charge is 0.174 e. The molecule has 13 heteroatoms. The molecule has 14 rings (SSSR count). The molecule has 66 heavy (non-hydrogen) atoms. The fourth-order valence-electron chi connectivity index (χ4n) is 15.9. The molecule has 0 amide bonds. The molecule has 11 aliphatic rings. The lowest BCUT2D eigenvalue weighted by atomic mass is 9.52. The highest BCUT2D eigenvalue weighted by Gasteiger charge is 2.66. The number of ketones is 2. The number of Topliss-reactive ketones (excluding diaryl/α,β-unsaturated/α-hetero) is 2. The molecule has 6 bridgehead atoms. The Morgan fingerprint density at radius 2 is 1.17 bits per heavy atom. The van der Waals surface area contributed by atoms with Crippen molar-refractivity contribution in [3.63, 3.8) is 0 Å². The molecular weight excluding hydrogens is 839 g/mol. The third-order valence-electron chi connectivity index (χ3n) is 18.5. The molecule has 2 saturated carbocycles. The van der Waals surface area contributed by atoms with Gasteiger partial charge in [-0.2, -0.15) is 0 Å². The molecule has 5 heterocycles. The SMILES string of the molecule is COC1=CCC2C3Cc4ccc(OC)c5c4C2(CCN3)C1O5.COc1ccc2c(c1O)C13CCNC(C2)C1CC(OC)C(=O)C3.COc1ccc2c3c1OC1C(=O)CCC4C(C2)NCCC314. The first kappa shape index (κ1) is 42.5. The van der Waals surface area contributed by atoms with Gasteiger partial charge in [0.15, 0.2) is 58.3 Å². The van der Waals surface area contributed by atoms with E-state index in [9.17, 15) is 14.7 Å². The molecule has 12 unspecified atom stereocenters. The molecule has 4 N–H and O–H groups in total. The van der Waals surface area contributed by atoms with Crippen LogP contribution in [0.2, 0.25) is 0 Å². The van der Waals surface area contributed by atoms with Crippen LogP contribution in [0.1, 0.15) is 84.7 Å². The van der Waals surface area contributed by atoms with E-state index in [-0.39, 0.29) is 51.9 Å². The van der Waals surface area contributed by atoms with Gasteiger partial charge in [0.25, 0.3) is 0 Å². The number of aromatic hydroxyl groups is 1. The van der Waals surface area contributed by atoms with Crippen LogP contribution in [-0.4, -0.2) is 108 Å². The molecule has 6 aliphatic carbocycles. The van der Waals surface area contributed by atoms with Gasteiger partial charge >= 0.3 is 0 Å². The van der Waals surface area contributed by atoms with Gasteiger partial charge < -0.3 is 54.2 Å². The Hall–Kier alpha value is -4.82. The van der Waals surface area contributed by atoms with E-state index < -0.39 is 0 Å². The summed E-state index contributed by atoms with van der Waals surface area (Å²) in [6, 6.07) is 13.7. The van der Waals surface area contributed by atoms with E-state index >= 15 is 0 Å². The fourth-order valence-corrected chi connectivity index (χ4v) is 15.9. The third-order valence-corrected chi connectivity index (χ3v) is 18.5. The zero-order valence-electron chi connectivity index (χ0n) is 38.8. The standard InChI is InChI=1S/C18H23NO4.C18H21NO3.C17H19NO3/c1-22-14-4-3-10-7-12-11-8-15(23-2)13(20)9-18(11,5-6-19-12)16(10)17(14)21;1-20-13-5-3-10-9-12-11-4-6-14(21-2)17-18(11,7-8-19-12)15(10)16(13)22-17;1-20-13-5-2-9-8-11-10-3-4-12(19)16-17(10,6-7-18-11)14(9)15(13)21-16/h3-4,11-12,15,19,21H,5-9H2,1-2H3;3,5-6,11-12,17,19H,4,7-9H2,1-2H3;2,5,10-11,16,18H,3-4,6-8H2,1H3. The average molecular weight is 902 g/mol. The predicted octanol–water partition coefficient (Wildman–Crippen LogP) is 5.30. The molecule has 0 radical (unpaired) electrons. The summed E-state index contributed by atoms with van der Waals surface area (Å²) in [7, 11) is 8.34. The number of carbonyl (C=O) groups is 2. The van der Waals surface area contributed by atoms with E-state index in [1.807, 2.05) is 24.3 Å². The Labute approximate surface area is 386 Å². The van der Waals surface area contributed by atoms with Gasteiger partial charge in [-0.25, -0.2) is 0 Å². The van der Waals surface area contributed by atoms with Gasteiger partial charge in [-0.1, -0.05) is 18.2 Å². The number of hydrogen-bond donors (Lipinski definition) is 4. The molecule has 3 aromatic rings. The second-order valence-electron chi connectivity index (χ2n) is 20.7. The molecule has 13 nitrogen and oxygen atoms in total. The molecule has 5 aliphatic heterocycles. The first-order valence-electron chi connectivity index (χ1n) is 24.3. The van der Waals surface area contributed by atoms with E-state index in [1.54, 1.807) is 35.5 Å². The average Bonchev–Trinajstić information content (AvgIpc) is 3.85. The first-order chi connectivity index (χ1) is 32.1. The van der Waals surface area contributed by atoms with Gasteiger partial charge in [-0.05, 0) is 136 Å². The number of phenols is 1. The highest BCUT2D eigenvalue weighted by Crippen LogP contribution is 2.64. The lowest BCUT2D eigenvalue weighted by molar-refractivity contribution is -0.139. The number of carbonyl (C=O) groups excluding carboxylic acids is 2. The van der Waals surface area contributed by atoms with E-state index in [0.29, 0.717) is 54.5 Å². The quantitative estimate of drug-likeness (QED) is 0.262.